The molecule has 0 aromatic heterocycles. The molecule has 1 unspecified atom stereocenters. The van der Waals surface area contributed by atoms with E-state index in [4.69, 9.17) is 10.7 Å². The van der Waals surface area contributed by atoms with Gasteiger partial charge in [0, 0.05) is 4.90 Å². The van der Waals surface area contributed by atoms with Crippen molar-refractivity contribution in [3.05, 3.63) is 35.9 Å². The van der Waals surface area contributed by atoms with E-state index in [1.165, 1.54) is 10.5 Å². The molecular formula is C9H7ClS. The zero-order valence-corrected chi connectivity index (χ0v) is 7.40. The van der Waals surface area contributed by atoms with Crippen LogP contribution in [0.15, 0.2) is 35.2 Å². The van der Waals surface area contributed by atoms with Gasteiger partial charge in [-0.1, -0.05) is 40.0 Å². The molecule has 1 aliphatic rings. The number of halogens is 1. The molecule has 0 saturated carbocycles. The summed E-state index contributed by atoms with van der Waals surface area (Å²) in [6.45, 7) is 0. The van der Waals surface area contributed by atoms with Crippen LogP contribution in [0.25, 0.3) is 6.08 Å². The lowest BCUT2D eigenvalue weighted by Crippen LogP contribution is -1.83. The molecule has 0 N–H and O–H groups in total. The van der Waals surface area contributed by atoms with Crippen molar-refractivity contribution in [2.24, 2.45) is 0 Å². The topological polar surface area (TPSA) is 0 Å². The lowest BCUT2D eigenvalue weighted by atomic mass is 10.2. The first-order chi connectivity index (χ1) is 5.38. The minimum absolute atomic E-state index is 0.205. The molecule has 2 heteroatoms. The highest BCUT2D eigenvalue weighted by Crippen LogP contribution is 2.36. The Morgan fingerprint density at radius 2 is 2.00 bits per heavy atom. The van der Waals surface area contributed by atoms with Gasteiger partial charge in [-0.2, -0.15) is 0 Å². The third-order valence-corrected chi connectivity index (χ3v) is 3.60. The number of fused-ring (bicyclic) bond motifs is 1. The monoisotopic (exact) mass is 182 g/mol. The smallest absolute Gasteiger partial charge is 0.0236 e. The molecule has 0 aliphatic carbocycles. The Hall–Kier alpha value is -0.530. The molecule has 0 radical (unpaired) electrons. The van der Waals surface area contributed by atoms with Gasteiger partial charge in [0.05, 0.1) is 0 Å². The Morgan fingerprint density at radius 1 is 1.18 bits per heavy atom. The fourth-order valence-corrected chi connectivity index (χ4v) is 2.61. The van der Waals surface area contributed by atoms with Crippen LogP contribution in [0.2, 0.25) is 0 Å². The average Bonchev–Trinajstić information content (AvgIpc) is 2.06. The molecule has 0 nitrogen and oxygen atoms in total. The highest BCUT2D eigenvalue weighted by atomic mass is 35.7. The van der Waals surface area contributed by atoms with Gasteiger partial charge < -0.3 is 0 Å². The summed E-state index contributed by atoms with van der Waals surface area (Å²) in [6, 6.07) is 8.21. The minimum Gasteiger partial charge on any atom is -0.0623 e. The molecule has 1 aliphatic heterocycles. The Balaban J connectivity index is 2.67. The van der Waals surface area contributed by atoms with Gasteiger partial charge >= 0.3 is 0 Å². The fourth-order valence-electron chi connectivity index (χ4n) is 1.08. The molecule has 0 bridgehead atoms. The van der Waals surface area contributed by atoms with Gasteiger partial charge in [0.25, 0.3) is 0 Å². The van der Waals surface area contributed by atoms with E-state index >= 15 is 0 Å². The standard InChI is InChI=1S/C9H7ClS/c10-11-7-3-5-8-4-1-2-6-9(8)11/h1-7H. The van der Waals surface area contributed by atoms with Crippen molar-refractivity contribution < 1.29 is 0 Å². The molecule has 11 heavy (non-hydrogen) atoms. The summed E-state index contributed by atoms with van der Waals surface area (Å²) in [6.07, 6.45) is 4.10. The Kier molecular flexibility index (Phi) is 1.84. The highest BCUT2D eigenvalue weighted by molar-refractivity contribution is 8.34. The molecule has 0 saturated heterocycles. The number of rotatable bonds is 0. The lowest BCUT2D eigenvalue weighted by molar-refractivity contribution is 1.43. The summed E-state index contributed by atoms with van der Waals surface area (Å²) in [4.78, 5) is 1.23. The van der Waals surface area contributed by atoms with Crippen molar-refractivity contribution in [2.75, 3.05) is 0 Å². The Bertz CT molecular complexity index is 339. The second-order valence-electron chi connectivity index (χ2n) is 2.32. The first kappa shape index (κ1) is 7.14. The van der Waals surface area contributed by atoms with Crippen molar-refractivity contribution in [1.29, 1.82) is 0 Å². The van der Waals surface area contributed by atoms with Crippen molar-refractivity contribution in [3.63, 3.8) is 0 Å². The molecule has 56 valence electrons. The zero-order chi connectivity index (χ0) is 7.68. The zero-order valence-electron chi connectivity index (χ0n) is 5.83. The van der Waals surface area contributed by atoms with Gasteiger partial charge in [0.1, 0.15) is 0 Å². The lowest BCUT2D eigenvalue weighted by Gasteiger charge is -2.07. The molecule has 1 heterocycles. The molecule has 1 atom stereocenters. The maximum absolute atomic E-state index is 6.07. The maximum Gasteiger partial charge on any atom is 0.0236 e. The summed E-state index contributed by atoms with van der Waals surface area (Å²) in [7, 11) is 5.86. The van der Waals surface area contributed by atoms with Crippen molar-refractivity contribution in [3.8, 4) is 0 Å². The first-order valence-electron chi connectivity index (χ1n) is 3.38. The number of allylic oxidation sites excluding steroid dienone is 1. The van der Waals surface area contributed by atoms with Crippen molar-refractivity contribution in [1.82, 2.24) is 0 Å². The molecule has 0 amide bonds. The van der Waals surface area contributed by atoms with Gasteiger partial charge in [-0.25, -0.2) is 0 Å². The predicted molar refractivity (Wildman–Crippen MR) is 53.3 cm³/mol. The van der Waals surface area contributed by atoms with Crippen LogP contribution >= 0.6 is 20.4 Å². The summed E-state index contributed by atoms with van der Waals surface area (Å²) in [5.41, 5.74) is 1.24. The Labute approximate surface area is 72.9 Å². The minimum atomic E-state index is -0.205. The first-order valence-corrected chi connectivity index (χ1v) is 5.49. The summed E-state index contributed by atoms with van der Waals surface area (Å²) in [5, 5.41) is 2.02. The third kappa shape index (κ3) is 1.26. The molecule has 0 spiro atoms. The average molecular weight is 183 g/mol. The van der Waals surface area contributed by atoms with Crippen LogP contribution in [-0.4, -0.2) is 5.37 Å². The second-order valence-corrected chi connectivity index (χ2v) is 4.59. The van der Waals surface area contributed by atoms with E-state index in [9.17, 15) is 0 Å². The van der Waals surface area contributed by atoms with Gasteiger partial charge in [-0.15, -0.1) is 0 Å². The summed E-state index contributed by atoms with van der Waals surface area (Å²) >= 11 is 0. The van der Waals surface area contributed by atoms with Gasteiger partial charge in [-0.05, 0) is 27.7 Å². The number of hydrogen-bond acceptors (Lipinski definition) is 0. The van der Waals surface area contributed by atoms with E-state index in [1.54, 1.807) is 0 Å². The van der Waals surface area contributed by atoms with E-state index in [0.717, 1.165) is 0 Å². The quantitative estimate of drug-likeness (QED) is 0.541. The van der Waals surface area contributed by atoms with E-state index in [0.29, 0.717) is 0 Å². The van der Waals surface area contributed by atoms with Crippen molar-refractivity contribution >= 4 is 31.8 Å². The van der Waals surface area contributed by atoms with Crippen LogP contribution in [0.3, 0.4) is 0 Å². The second kappa shape index (κ2) is 2.84. The summed E-state index contributed by atoms with van der Waals surface area (Å²) < 4.78 is 0. The SMILES string of the molecule is ClS1=CC=Cc2ccccc21. The molecule has 1 aromatic rings. The van der Waals surface area contributed by atoms with Gasteiger partial charge in [0.15, 0.2) is 0 Å². The molecule has 2 rings (SSSR count). The highest BCUT2D eigenvalue weighted by Gasteiger charge is 2.02. The van der Waals surface area contributed by atoms with Crippen molar-refractivity contribution in [2.45, 2.75) is 4.90 Å². The predicted octanol–water partition coefficient (Wildman–Crippen LogP) is 3.30. The van der Waals surface area contributed by atoms with Crippen LogP contribution in [0, 0.1) is 0 Å². The Morgan fingerprint density at radius 3 is 2.82 bits per heavy atom. The maximum atomic E-state index is 6.07. The fraction of sp³-hybridized carbons (Fsp3) is 0. The molecular weight excluding hydrogens is 176 g/mol. The molecule has 0 fully saturated rings. The van der Waals surface area contributed by atoms with Crippen LogP contribution in [0.1, 0.15) is 5.56 Å². The molecule has 1 aromatic carbocycles. The van der Waals surface area contributed by atoms with E-state index in [-0.39, 0.29) is 9.70 Å². The normalized spacial score (nSPS) is 20.6. The van der Waals surface area contributed by atoms with Gasteiger partial charge in [-0.3, -0.25) is 0 Å². The van der Waals surface area contributed by atoms with Gasteiger partial charge in [0.2, 0.25) is 0 Å². The van der Waals surface area contributed by atoms with Crippen LogP contribution in [-0.2, 0) is 0 Å². The summed E-state index contributed by atoms with van der Waals surface area (Å²) in [5.74, 6) is 0. The van der Waals surface area contributed by atoms with Crippen LogP contribution < -0.4 is 0 Å². The van der Waals surface area contributed by atoms with E-state index < -0.39 is 0 Å². The number of hydrogen-bond donors (Lipinski definition) is 0. The van der Waals surface area contributed by atoms with E-state index in [2.05, 4.69) is 18.2 Å². The number of benzene rings is 1. The van der Waals surface area contributed by atoms with Crippen LogP contribution in [0.4, 0.5) is 0 Å². The van der Waals surface area contributed by atoms with Crippen LogP contribution in [0.5, 0.6) is 0 Å². The largest absolute Gasteiger partial charge is 0.0623 e. The third-order valence-electron chi connectivity index (χ3n) is 1.60. The van der Waals surface area contributed by atoms with E-state index in [1.807, 2.05) is 23.6 Å².